The van der Waals surface area contributed by atoms with E-state index in [0.29, 0.717) is 0 Å². The van der Waals surface area contributed by atoms with E-state index in [4.69, 9.17) is 0 Å². The number of aromatic nitrogens is 1. The predicted molar refractivity (Wildman–Crippen MR) is 149 cm³/mol. The Kier molecular flexibility index (Phi) is 3.60. The van der Waals surface area contributed by atoms with Crippen LogP contribution >= 0.6 is 11.3 Å². The number of rotatable bonds is 1. The van der Waals surface area contributed by atoms with Crippen molar-refractivity contribution in [2.75, 3.05) is 0 Å². The van der Waals surface area contributed by atoms with Crippen LogP contribution in [-0.2, 0) is 0 Å². The van der Waals surface area contributed by atoms with Gasteiger partial charge in [-0.05, 0) is 45.8 Å². The van der Waals surface area contributed by atoms with Crippen LogP contribution in [0.4, 0.5) is 0 Å². The van der Waals surface area contributed by atoms with Crippen LogP contribution in [0.25, 0.3) is 69.2 Å². The smallest absolute Gasteiger partial charge is 0.0719 e. The zero-order valence-corrected chi connectivity index (χ0v) is 19.1. The number of fused-ring (bicyclic) bond motifs is 10. The van der Waals surface area contributed by atoms with E-state index in [0.717, 1.165) is 0 Å². The van der Waals surface area contributed by atoms with Crippen molar-refractivity contribution in [3.8, 4) is 5.69 Å². The second-order valence-corrected chi connectivity index (χ2v) is 10.0. The quantitative estimate of drug-likeness (QED) is 0.220. The van der Waals surface area contributed by atoms with Gasteiger partial charge in [0.15, 0.2) is 0 Å². The van der Waals surface area contributed by atoms with E-state index in [2.05, 4.69) is 120 Å². The van der Waals surface area contributed by atoms with Crippen molar-refractivity contribution >= 4 is 74.9 Å². The van der Waals surface area contributed by atoms with Crippen LogP contribution in [0, 0.1) is 0 Å². The Bertz CT molecular complexity index is 2070. The third kappa shape index (κ3) is 2.38. The van der Waals surface area contributed by atoms with E-state index < -0.39 is 0 Å². The van der Waals surface area contributed by atoms with Crippen molar-refractivity contribution in [1.29, 1.82) is 0 Å². The van der Waals surface area contributed by atoms with Gasteiger partial charge < -0.3 is 4.57 Å². The molecule has 0 saturated heterocycles. The number of nitrogens with zero attached hydrogens (tertiary/aromatic N) is 1. The van der Waals surface area contributed by atoms with Crippen LogP contribution in [0.3, 0.4) is 0 Å². The highest BCUT2D eigenvalue weighted by atomic mass is 32.1. The summed E-state index contributed by atoms with van der Waals surface area (Å²) in [5, 5.41) is 10.5. The van der Waals surface area contributed by atoms with Gasteiger partial charge in [-0.3, -0.25) is 0 Å². The molecule has 2 heteroatoms. The van der Waals surface area contributed by atoms with Gasteiger partial charge in [0, 0.05) is 31.9 Å². The van der Waals surface area contributed by atoms with Crippen LogP contribution in [0.1, 0.15) is 0 Å². The Hall–Kier alpha value is -4.14. The maximum Gasteiger partial charge on any atom is 0.0719 e. The standard InChI is InChI=1S/C32H19NS/c1-2-8-23-20(7-1)13-14-21-19-22(15-16-24(21)23)33-29-11-5-3-9-25(29)27-17-18-28-26-10-4-6-12-30(26)34-32(28)31(27)33/h1-19H. The molecule has 0 aliphatic heterocycles. The van der Waals surface area contributed by atoms with Crippen LogP contribution in [0.15, 0.2) is 115 Å². The molecular formula is C32H19NS. The minimum absolute atomic E-state index is 1.21. The zero-order valence-electron chi connectivity index (χ0n) is 18.3. The van der Waals surface area contributed by atoms with Crippen molar-refractivity contribution in [1.82, 2.24) is 4.57 Å². The average molecular weight is 450 g/mol. The molecular weight excluding hydrogens is 430 g/mol. The monoisotopic (exact) mass is 449 g/mol. The summed E-state index contributed by atoms with van der Waals surface area (Å²) >= 11 is 1.90. The summed E-state index contributed by atoms with van der Waals surface area (Å²) in [6, 6.07) is 42.2. The van der Waals surface area contributed by atoms with Crippen molar-refractivity contribution in [2.45, 2.75) is 0 Å². The third-order valence-corrected chi connectivity index (χ3v) is 8.36. The summed E-state index contributed by atoms with van der Waals surface area (Å²) in [5.41, 5.74) is 3.77. The Morgan fingerprint density at radius 1 is 0.471 bits per heavy atom. The van der Waals surface area contributed by atoms with Crippen LogP contribution in [0.2, 0.25) is 0 Å². The lowest BCUT2D eigenvalue weighted by Gasteiger charge is -2.11. The van der Waals surface area contributed by atoms with E-state index in [1.54, 1.807) is 0 Å². The van der Waals surface area contributed by atoms with Gasteiger partial charge in [0.25, 0.3) is 0 Å². The molecule has 158 valence electrons. The molecule has 2 aromatic heterocycles. The fourth-order valence-corrected chi connectivity index (χ4v) is 6.88. The molecule has 0 saturated carbocycles. The molecule has 0 unspecified atom stereocenters. The molecule has 0 bridgehead atoms. The van der Waals surface area contributed by atoms with Gasteiger partial charge in [0.2, 0.25) is 0 Å². The molecule has 2 heterocycles. The highest BCUT2D eigenvalue weighted by Gasteiger charge is 2.17. The normalized spacial score (nSPS) is 12.1. The molecule has 0 amide bonds. The van der Waals surface area contributed by atoms with Gasteiger partial charge in [-0.15, -0.1) is 11.3 Å². The summed E-state index contributed by atoms with van der Waals surface area (Å²) in [6.07, 6.45) is 0. The van der Waals surface area contributed by atoms with Gasteiger partial charge in [-0.25, -0.2) is 0 Å². The topological polar surface area (TPSA) is 4.93 Å². The van der Waals surface area contributed by atoms with Crippen LogP contribution < -0.4 is 0 Å². The van der Waals surface area contributed by atoms with E-state index >= 15 is 0 Å². The fourth-order valence-electron chi connectivity index (χ4n) is 5.64. The van der Waals surface area contributed by atoms with Crippen LogP contribution in [-0.4, -0.2) is 4.57 Å². The highest BCUT2D eigenvalue weighted by Crippen LogP contribution is 2.43. The Balaban J connectivity index is 1.54. The van der Waals surface area contributed by atoms with Gasteiger partial charge in [-0.2, -0.15) is 0 Å². The lowest BCUT2D eigenvalue weighted by atomic mass is 10.0. The first-order valence-electron chi connectivity index (χ1n) is 11.6. The number of hydrogen-bond donors (Lipinski definition) is 0. The zero-order chi connectivity index (χ0) is 22.2. The molecule has 34 heavy (non-hydrogen) atoms. The first-order valence-corrected chi connectivity index (χ1v) is 12.4. The first kappa shape index (κ1) is 18.3. The van der Waals surface area contributed by atoms with Gasteiger partial charge in [-0.1, -0.05) is 91.0 Å². The minimum Gasteiger partial charge on any atom is -0.308 e. The summed E-state index contributed by atoms with van der Waals surface area (Å²) in [5.74, 6) is 0. The third-order valence-electron chi connectivity index (χ3n) is 7.17. The highest BCUT2D eigenvalue weighted by molar-refractivity contribution is 7.26. The lowest BCUT2D eigenvalue weighted by Crippen LogP contribution is -1.94. The van der Waals surface area contributed by atoms with Crippen molar-refractivity contribution in [2.24, 2.45) is 0 Å². The van der Waals surface area contributed by atoms with Gasteiger partial charge in [0.1, 0.15) is 0 Å². The largest absolute Gasteiger partial charge is 0.308 e. The molecule has 0 atom stereocenters. The van der Waals surface area contributed by atoms with Crippen molar-refractivity contribution in [3.05, 3.63) is 115 Å². The maximum absolute atomic E-state index is 2.47. The minimum atomic E-state index is 1.21. The molecule has 0 spiro atoms. The summed E-state index contributed by atoms with van der Waals surface area (Å²) in [6.45, 7) is 0. The second-order valence-electron chi connectivity index (χ2n) is 8.98. The van der Waals surface area contributed by atoms with Crippen molar-refractivity contribution in [3.63, 3.8) is 0 Å². The van der Waals surface area contributed by atoms with Gasteiger partial charge in [0.05, 0.1) is 15.7 Å². The van der Waals surface area contributed by atoms with Crippen LogP contribution in [0.5, 0.6) is 0 Å². The first-order chi connectivity index (χ1) is 16.9. The molecule has 0 radical (unpaired) electrons. The average Bonchev–Trinajstić information content (AvgIpc) is 3.44. The maximum atomic E-state index is 2.47. The van der Waals surface area contributed by atoms with Crippen molar-refractivity contribution < 1.29 is 0 Å². The number of thiophene rings is 1. The SMILES string of the molecule is c1ccc2c(c1)ccc1cc(-n3c4ccccc4c4ccc5c6ccccc6sc5c43)ccc12. The summed E-state index contributed by atoms with van der Waals surface area (Å²) in [7, 11) is 0. The molecule has 0 aliphatic rings. The van der Waals surface area contributed by atoms with E-state index in [1.165, 1.54) is 69.2 Å². The number of hydrogen-bond acceptors (Lipinski definition) is 1. The Morgan fingerprint density at radius 3 is 2.09 bits per heavy atom. The molecule has 1 nitrogen and oxygen atoms in total. The summed E-state index contributed by atoms with van der Waals surface area (Å²) in [4.78, 5) is 0. The number of para-hydroxylation sites is 1. The molecule has 8 rings (SSSR count). The predicted octanol–water partition coefficient (Wildman–Crippen LogP) is 9.46. The van der Waals surface area contributed by atoms with Gasteiger partial charge >= 0.3 is 0 Å². The molecule has 0 aliphatic carbocycles. The van der Waals surface area contributed by atoms with E-state index in [-0.39, 0.29) is 0 Å². The Labute approximate surface area is 200 Å². The molecule has 0 N–H and O–H groups in total. The molecule has 6 aromatic carbocycles. The fraction of sp³-hybridized carbons (Fsp3) is 0. The number of benzene rings is 6. The Morgan fingerprint density at radius 2 is 1.15 bits per heavy atom. The molecule has 0 fully saturated rings. The van der Waals surface area contributed by atoms with E-state index in [1.807, 2.05) is 11.3 Å². The lowest BCUT2D eigenvalue weighted by molar-refractivity contribution is 1.19. The summed E-state index contributed by atoms with van der Waals surface area (Å²) < 4.78 is 5.16. The second kappa shape index (κ2) is 6.69. The molecule has 8 aromatic rings. The van der Waals surface area contributed by atoms with E-state index in [9.17, 15) is 0 Å².